The second-order valence-corrected chi connectivity index (χ2v) is 3.36. The van der Waals surface area contributed by atoms with Crippen molar-refractivity contribution in [2.45, 2.75) is 6.92 Å². The molecule has 0 spiro atoms. The van der Waals surface area contributed by atoms with Gasteiger partial charge in [0.15, 0.2) is 0 Å². The third-order valence-corrected chi connectivity index (χ3v) is 2.14. The first kappa shape index (κ1) is 13.0. The summed E-state index contributed by atoms with van der Waals surface area (Å²) in [5.41, 5.74) is 0.758. The highest BCUT2D eigenvalue weighted by Crippen LogP contribution is 2.10. The standard InChI is InChI=1S/C12H16N2O3/c1-3-17-11(15)9-13-12(16)14(2)10-7-5-4-6-8-10/h4-8H,3,9H2,1-2H3,(H,13,16). The number of benzene rings is 1. The third kappa shape index (κ3) is 4.14. The molecule has 5 heteroatoms. The number of nitrogens with one attached hydrogen (secondary N) is 1. The van der Waals surface area contributed by atoms with Gasteiger partial charge in [-0.05, 0) is 19.1 Å². The van der Waals surface area contributed by atoms with Gasteiger partial charge in [-0.2, -0.15) is 0 Å². The molecule has 2 amide bonds. The summed E-state index contributed by atoms with van der Waals surface area (Å²) < 4.78 is 4.71. The minimum absolute atomic E-state index is 0.121. The molecule has 0 bridgehead atoms. The molecule has 0 unspecified atom stereocenters. The van der Waals surface area contributed by atoms with E-state index in [2.05, 4.69) is 5.32 Å². The van der Waals surface area contributed by atoms with Crippen LogP contribution < -0.4 is 10.2 Å². The average molecular weight is 236 g/mol. The van der Waals surface area contributed by atoms with Gasteiger partial charge < -0.3 is 10.1 Å². The van der Waals surface area contributed by atoms with Gasteiger partial charge in [-0.1, -0.05) is 18.2 Å². The van der Waals surface area contributed by atoms with E-state index < -0.39 is 5.97 Å². The van der Waals surface area contributed by atoms with E-state index in [0.717, 1.165) is 5.69 Å². The van der Waals surface area contributed by atoms with Gasteiger partial charge in [0, 0.05) is 12.7 Å². The quantitative estimate of drug-likeness (QED) is 0.804. The second-order valence-electron chi connectivity index (χ2n) is 3.36. The van der Waals surface area contributed by atoms with Crippen LogP contribution in [0.5, 0.6) is 0 Å². The van der Waals surface area contributed by atoms with Gasteiger partial charge in [-0.15, -0.1) is 0 Å². The molecular formula is C12H16N2O3. The minimum atomic E-state index is -0.442. The Morgan fingerprint density at radius 2 is 1.94 bits per heavy atom. The van der Waals surface area contributed by atoms with Crippen molar-refractivity contribution < 1.29 is 14.3 Å². The van der Waals surface area contributed by atoms with E-state index in [9.17, 15) is 9.59 Å². The first-order chi connectivity index (χ1) is 8.15. The molecule has 0 radical (unpaired) electrons. The second kappa shape index (κ2) is 6.52. The van der Waals surface area contributed by atoms with Crippen molar-refractivity contribution in [1.82, 2.24) is 5.32 Å². The monoisotopic (exact) mass is 236 g/mol. The highest BCUT2D eigenvalue weighted by Gasteiger charge is 2.11. The molecular weight excluding hydrogens is 220 g/mol. The van der Waals surface area contributed by atoms with Crippen molar-refractivity contribution in [3.05, 3.63) is 30.3 Å². The number of anilines is 1. The van der Waals surface area contributed by atoms with Crippen LogP contribution in [-0.4, -0.2) is 32.2 Å². The van der Waals surface area contributed by atoms with Gasteiger partial charge in [-0.3, -0.25) is 9.69 Å². The predicted molar refractivity (Wildman–Crippen MR) is 64.9 cm³/mol. The molecule has 1 N–H and O–H groups in total. The molecule has 5 nitrogen and oxygen atoms in total. The maximum absolute atomic E-state index is 11.7. The zero-order chi connectivity index (χ0) is 12.7. The Kier molecular flexibility index (Phi) is 5.00. The van der Waals surface area contributed by atoms with Crippen LogP contribution >= 0.6 is 0 Å². The number of nitrogens with zero attached hydrogens (tertiary/aromatic N) is 1. The van der Waals surface area contributed by atoms with Gasteiger partial charge in [0.1, 0.15) is 6.54 Å². The maximum Gasteiger partial charge on any atom is 0.325 e. The Labute approximate surface area is 100 Å². The third-order valence-electron chi connectivity index (χ3n) is 2.14. The van der Waals surface area contributed by atoms with Crippen molar-refractivity contribution in [2.24, 2.45) is 0 Å². The van der Waals surface area contributed by atoms with Crippen LogP contribution in [0.2, 0.25) is 0 Å². The number of carbonyl (C=O) groups is 2. The lowest BCUT2D eigenvalue weighted by molar-refractivity contribution is -0.141. The van der Waals surface area contributed by atoms with Crippen LogP contribution in [0.1, 0.15) is 6.92 Å². The van der Waals surface area contributed by atoms with Crippen LogP contribution in [0, 0.1) is 0 Å². The number of rotatable bonds is 4. The lowest BCUT2D eigenvalue weighted by Crippen LogP contribution is -2.40. The molecule has 1 aromatic carbocycles. The Morgan fingerprint density at radius 1 is 1.29 bits per heavy atom. The summed E-state index contributed by atoms with van der Waals surface area (Å²) in [6.45, 7) is 1.91. The molecule has 0 aliphatic rings. The molecule has 0 aromatic heterocycles. The number of esters is 1. The van der Waals surface area contributed by atoms with Crippen molar-refractivity contribution in [2.75, 3.05) is 25.1 Å². The van der Waals surface area contributed by atoms with E-state index in [1.165, 1.54) is 4.90 Å². The first-order valence-corrected chi connectivity index (χ1v) is 5.37. The fourth-order valence-electron chi connectivity index (χ4n) is 1.25. The van der Waals surface area contributed by atoms with Gasteiger partial charge in [0.25, 0.3) is 0 Å². The van der Waals surface area contributed by atoms with Crippen LogP contribution in [-0.2, 0) is 9.53 Å². The predicted octanol–water partition coefficient (Wildman–Crippen LogP) is 1.40. The lowest BCUT2D eigenvalue weighted by atomic mass is 10.3. The number of ether oxygens (including phenoxy) is 1. The summed E-state index contributed by atoms with van der Waals surface area (Å²) in [5, 5.41) is 2.48. The normalized spacial score (nSPS) is 9.53. The smallest absolute Gasteiger partial charge is 0.325 e. The summed E-state index contributed by atoms with van der Waals surface area (Å²) in [5.74, 6) is -0.442. The van der Waals surface area contributed by atoms with E-state index in [0.29, 0.717) is 6.61 Å². The molecule has 0 saturated carbocycles. The number of urea groups is 1. The summed E-state index contributed by atoms with van der Waals surface area (Å²) in [7, 11) is 1.63. The summed E-state index contributed by atoms with van der Waals surface area (Å²) in [6, 6.07) is 8.82. The average Bonchev–Trinajstić information content (AvgIpc) is 2.36. The van der Waals surface area contributed by atoms with Crippen molar-refractivity contribution >= 4 is 17.7 Å². The number of para-hydroxylation sites is 1. The van der Waals surface area contributed by atoms with Gasteiger partial charge in [0.05, 0.1) is 6.61 Å². The zero-order valence-corrected chi connectivity index (χ0v) is 9.97. The highest BCUT2D eigenvalue weighted by atomic mass is 16.5. The van der Waals surface area contributed by atoms with Crippen LogP contribution in [0.25, 0.3) is 0 Å². The van der Waals surface area contributed by atoms with E-state index in [1.807, 2.05) is 30.3 Å². The zero-order valence-electron chi connectivity index (χ0n) is 9.97. The van der Waals surface area contributed by atoms with Gasteiger partial charge >= 0.3 is 12.0 Å². The number of carbonyl (C=O) groups excluding carboxylic acids is 2. The summed E-state index contributed by atoms with van der Waals surface area (Å²) in [6.07, 6.45) is 0. The van der Waals surface area contributed by atoms with Crippen LogP contribution in [0.3, 0.4) is 0 Å². The fourth-order valence-corrected chi connectivity index (χ4v) is 1.25. The van der Waals surface area contributed by atoms with E-state index >= 15 is 0 Å². The Morgan fingerprint density at radius 3 is 2.53 bits per heavy atom. The molecule has 1 rings (SSSR count). The molecule has 0 heterocycles. The number of hydrogen-bond acceptors (Lipinski definition) is 3. The van der Waals surface area contributed by atoms with Crippen molar-refractivity contribution in [3.8, 4) is 0 Å². The van der Waals surface area contributed by atoms with E-state index in [-0.39, 0.29) is 12.6 Å². The SMILES string of the molecule is CCOC(=O)CNC(=O)N(C)c1ccccc1. The molecule has 17 heavy (non-hydrogen) atoms. The number of hydrogen-bond donors (Lipinski definition) is 1. The largest absolute Gasteiger partial charge is 0.465 e. The molecule has 1 aromatic rings. The minimum Gasteiger partial charge on any atom is -0.465 e. The van der Waals surface area contributed by atoms with Crippen LogP contribution in [0.4, 0.5) is 10.5 Å². The Hall–Kier alpha value is -2.04. The maximum atomic E-state index is 11.7. The van der Waals surface area contributed by atoms with Gasteiger partial charge in [0.2, 0.25) is 0 Å². The Balaban J connectivity index is 2.45. The van der Waals surface area contributed by atoms with Gasteiger partial charge in [-0.25, -0.2) is 4.79 Å². The van der Waals surface area contributed by atoms with Crippen LogP contribution in [0.15, 0.2) is 30.3 Å². The molecule has 0 aliphatic carbocycles. The topological polar surface area (TPSA) is 58.6 Å². The number of amides is 2. The molecule has 0 fully saturated rings. The summed E-state index contributed by atoms with van der Waals surface area (Å²) in [4.78, 5) is 24.1. The molecule has 0 aliphatic heterocycles. The molecule has 92 valence electrons. The molecule has 0 atom stereocenters. The first-order valence-electron chi connectivity index (χ1n) is 5.37. The van der Waals surface area contributed by atoms with Crippen molar-refractivity contribution in [1.29, 1.82) is 0 Å². The van der Waals surface area contributed by atoms with E-state index in [4.69, 9.17) is 4.74 Å². The fraction of sp³-hybridized carbons (Fsp3) is 0.333. The molecule has 0 saturated heterocycles. The summed E-state index contributed by atoms with van der Waals surface area (Å²) >= 11 is 0. The van der Waals surface area contributed by atoms with E-state index in [1.54, 1.807) is 14.0 Å². The van der Waals surface area contributed by atoms with Crippen molar-refractivity contribution in [3.63, 3.8) is 0 Å². The Bertz CT molecular complexity index is 379. The lowest BCUT2D eigenvalue weighted by Gasteiger charge is -2.17. The highest BCUT2D eigenvalue weighted by molar-refractivity contribution is 5.93.